The summed E-state index contributed by atoms with van der Waals surface area (Å²) in [5, 5.41) is 10.6. The molecule has 31 heavy (non-hydrogen) atoms. The molecule has 0 amide bonds. The van der Waals surface area contributed by atoms with Crippen LogP contribution in [0.1, 0.15) is 58.4 Å². The first-order valence-corrected chi connectivity index (χ1v) is 11.2. The number of carboxylic acid groups (broad SMARTS) is 1. The molecule has 2 heterocycles. The van der Waals surface area contributed by atoms with E-state index in [-0.39, 0.29) is 11.6 Å². The number of ether oxygens (including phenoxy) is 1. The number of nitrogens with one attached hydrogen (secondary N) is 1. The summed E-state index contributed by atoms with van der Waals surface area (Å²) in [6.07, 6.45) is 4.16. The van der Waals surface area contributed by atoms with E-state index >= 15 is 0 Å². The van der Waals surface area contributed by atoms with Gasteiger partial charge in [0.1, 0.15) is 0 Å². The third-order valence-electron chi connectivity index (χ3n) is 7.35. The minimum absolute atomic E-state index is 0.00683. The molecule has 0 bridgehead atoms. The van der Waals surface area contributed by atoms with Crippen LogP contribution in [0.2, 0.25) is 0 Å². The van der Waals surface area contributed by atoms with Gasteiger partial charge in [-0.3, -0.25) is 4.90 Å². The molecule has 1 saturated carbocycles. The Morgan fingerprint density at radius 2 is 2.00 bits per heavy atom. The first kappa shape index (κ1) is 20.3. The van der Waals surface area contributed by atoms with Crippen LogP contribution in [0.15, 0.2) is 42.6 Å². The van der Waals surface area contributed by atoms with Gasteiger partial charge < -0.3 is 14.8 Å². The summed E-state index contributed by atoms with van der Waals surface area (Å²) in [4.78, 5) is 17.3. The number of hydrogen-bond acceptors (Lipinski definition) is 3. The number of piperidine rings is 1. The fourth-order valence-corrected chi connectivity index (χ4v) is 5.75. The molecule has 0 spiro atoms. The third-order valence-corrected chi connectivity index (χ3v) is 7.35. The molecule has 0 radical (unpaired) electrons. The molecule has 5 nitrogen and oxygen atoms in total. The van der Waals surface area contributed by atoms with E-state index in [4.69, 9.17) is 4.74 Å². The van der Waals surface area contributed by atoms with Gasteiger partial charge in [0.2, 0.25) is 0 Å². The van der Waals surface area contributed by atoms with Crippen molar-refractivity contribution in [1.29, 1.82) is 0 Å². The van der Waals surface area contributed by atoms with Gasteiger partial charge in [0.05, 0.1) is 11.2 Å². The molecule has 2 fully saturated rings. The fraction of sp³-hybridized carbons (Fsp3) is 0.423. The molecule has 2 aromatic carbocycles. The first-order valence-electron chi connectivity index (χ1n) is 11.2. The number of aromatic amines is 1. The van der Waals surface area contributed by atoms with Crippen molar-refractivity contribution < 1.29 is 14.6 Å². The molecule has 3 aromatic rings. The molecular weight excluding hydrogens is 388 g/mol. The number of carbonyl (C=O) groups is 1. The Morgan fingerprint density at radius 3 is 2.71 bits per heavy atom. The summed E-state index contributed by atoms with van der Waals surface area (Å²) < 4.78 is 6.23. The van der Waals surface area contributed by atoms with Crippen molar-refractivity contribution in [2.45, 2.75) is 51.8 Å². The van der Waals surface area contributed by atoms with Crippen LogP contribution in [0.3, 0.4) is 0 Å². The summed E-state index contributed by atoms with van der Waals surface area (Å²) in [6, 6.07) is 12.2. The maximum atomic E-state index is 11.3. The monoisotopic (exact) mass is 418 g/mol. The van der Waals surface area contributed by atoms with Crippen LogP contribution in [-0.4, -0.2) is 39.7 Å². The van der Waals surface area contributed by atoms with Gasteiger partial charge in [0.15, 0.2) is 0 Å². The lowest BCUT2D eigenvalue weighted by Gasteiger charge is -2.39. The molecule has 3 unspecified atom stereocenters. The van der Waals surface area contributed by atoms with Gasteiger partial charge in [-0.2, -0.15) is 0 Å². The Labute approximate surface area is 183 Å². The van der Waals surface area contributed by atoms with Crippen LogP contribution in [0.5, 0.6) is 0 Å². The van der Waals surface area contributed by atoms with E-state index in [9.17, 15) is 9.90 Å². The number of benzene rings is 2. The van der Waals surface area contributed by atoms with Crippen LogP contribution < -0.4 is 0 Å². The summed E-state index contributed by atoms with van der Waals surface area (Å²) in [5.41, 5.74) is 6.70. The minimum Gasteiger partial charge on any atom is -0.478 e. The van der Waals surface area contributed by atoms with Crippen molar-refractivity contribution >= 4 is 16.9 Å². The Bertz CT molecular complexity index is 1130. The van der Waals surface area contributed by atoms with E-state index < -0.39 is 5.97 Å². The van der Waals surface area contributed by atoms with Gasteiger partial charge in [0.25, 0.3) is 0 Å². The molecule has 1 aromatic heterocycles. The Kier molecular flexibility index (Phi) is 4.91. The number of aromatic nitrogens is 1. The summed E-state index contributed by atoms with van der Waals surface area (Å²) in [6.45, 7) is 9.03. The standard InChI is InChI=1S/C26H30N2O3/c1-4-31-26-10-12-28(15-21-16(2)13-17(3)23-20(21)9-11-27-23)24(22(26)14-26)18-5-7-19(8-6-18)25(29)30/h5-9,11,13,22,24,27H,4,10,12,14-15H2,1-3H3,(H,29,30). The topological polar surface area (TPSA) is 65.6 Å². The van der Waals surface area contributed by atoms with Crippen LogP contribution in [0.4, 0.5) is 0 Å². The average Bonchev–Trinajstić information content (AvgIpc) is 3.24. The summed E-state index contributed by atoms with van der Waals surface area (Å²) >= 11 is 0. The zero-order chi connectivity index (χ0) is 21.8. The van der Waals surface area contributed by atoms with Crippen LogP contribution in [-0.2, 0) is 11.3 Å². The van der Waals surface area contributed by atoms with Gasteiger partial charge in [-0.05, 0) is 74.1 Å². The molecule has 162 valence electrons. The number of aryl methyl sites for hydroxylation is 2. The lowest BCUT2D eigenvalue weighted by molar-refractivity contribution is -0.0282. The number of hydrogen-bond donors (Lipinski definition) is 2. The van der Waals surface area contributed by atoms with E-state index in [1.54, 1.807) is 12.1 Å². The highest BCUT2D eigenvalue weighted by molar-refractivity contribution is 5.88. The SMILES string of the molecule is CCOC12CCN(Cc3c(C)cc(C)c4[nH]ccc34)C(c3ccc(C(=O)O)cc3)C1C2. The predicted octanol–water partition coefficient (Wildman–Crippen LogP) is 5.23. The second-order valence-corrected chi connectivity index (χ2v) is 9.16. The van der Waals surface area contributed by atoms with Crippen molar-refractivity contribution in [3.8, 4) is 0 Å². The highest BCUT2D eigenvalue weighted by Gasteiger charge is 2.62. The van der Waals surface area contributed by atoms with Gasteiger partial charge in [0, 0.05) is 48.8 Å². The summed E-state index contributed by atoms with van der Waals surface area (Å²) in [5.74, 6) is -0.434. The molecule has 5 heteroatoms. The maximum Gasteiger partial charge on any atom is 0.335 e. The van der Waals surface area contributed by atoms with Crippen molar-refractivity contribution in [2.24, 2.45) is 5.92 Å². The Hall–Kier alpha value is -2.63. The van der Waals surface area contributed by atoms with E-state index in [2.05, 4.69) is 42.8 Å². The van der Waals surface area contributed by atoms with Gasteiger partial charge in [-0.1, -0.05) is 18.2 Å². The second-order valence-electron chi connectivity index (χ2n) is 9.16. The molecular formula is C26H30N2O3. The normalized spacial score (nSPS) is 25.5. The number of fused-ring (bicyclic) bond motifs is 2. The van der Waals surface area contributed by atoms with E-state index in [1.165, 1.54) is 33.2 Å². The Balaban J connectivity index is 1.51. The minimum atomic E-state index is -0.882. The highest BCUT2D eigenvalue weighted by atomic mass is 16.5. The lowest BCUT2D eigenvalue weighted by atomic mass is 9.91. The molecule has 1 aliphatic heterocycles. The van der Waals surface area contributed by atoms with E-state index in [0.29, 0.717) is 11.5 Å². The molecule has 1 saturated heterocycles. The maximum absolute atomic E-state index is 11.3. The van der Waals surface area contributed by atoms with Gasteiger partial charge in [-0.15, -0.1) is 0 Å². The van der Waals surface area contributed by atoms with Crippen LogP contribution in [0, 0.1) is 19.8 Å². The smallest absolute Gasteiger partial charge is 0.335 e. The van der Waals surface area contributed by atoms with Crippen molar-refractivity contribution in [3.63, 3.8) is 0 Å². The molecule has 5 rings (SSSR count). The van der Waals surface area contributed by atoms with Crippen LogP contribution >= 0.6 is 0 Å². The molecule has 1 aliphatic carbocycles. The average molecular weight is 419 g/mol. The van der Waals surface area contributed by atoms with Gasteiger partial charge in [-0.25, -0.2) is 4.79 Å². The second kappa shape index (κ2) is 7.50. The highest BCUT2D eigenvalue weighted by Crippen LogP contribution is 2.60. The third kappa shape index (κ3) is 3.36. The quantitative estimate of drug-likeness (QED) is 0.576. The van der Waals surface area contributed by atoms with Crippen molar-refractivity contribution in [2.75, 3.05) is 13.2 Å². The van der Waals surface area contributed by atoms with E-state index in [0.717, 1.165) is 32.5 Å². The number of H-pyrrole nitrogens is 1. The number of rotatable bonds is 6. The zero-order valence-electron chi connectivity index (χ0n) is 18.4. The lowest BCUT2D eigenvalue weighted by Crippen LogP contribution is -2.41. The van der Waals surface area contributed by atoms with Gasteiger partial charge >= 0.3 is 5.97 Å². The fourth-order valence-electron chi connectivity index (χ4n) is 5.75. The predicted molar refractivity (Wildman–Crippen MR) is 121 cm³/mol. The zero-order valence-corrected chi connectivity index (χ0v) is 18.4. The molecule has 2 aliphatic rings. The number of aromatic carboxylic acids is 1. The Morgan fingerprint density at radius 1 is 1.23 bits per heavy atom. The van der Waals surface area contributed by atoms with E-state index in [1.807, 2.05) is 18.3 Å². The van der Waals surface area contributed by atoms with Crippen molar-refractivity contribution in [3.05, 3.63) is 70.4 Å². The van der Waals surface area contributed by atoms with Crippen molar-refractivity contribution in [1.82, 2.24) is 9.88 Å². The van der Waals surface area contributed by atoms with Crippen LogP contribution in [0.25, 0.3) is 10.9 Å². The summed E-state index contributed by atoms with van der Waals surface area (Å²) in [7, 11) is 0. The first-order chi connectivity index (χ1) is 14.9. The number of nitrogens with zero attached hydrogens (tertiary/aromatic N) is 1. The molecule has 2 N–H and O–H groups in total. The number of likely N-dealkylation sites (tertiary alicyclic amines) is 1. The molecule has 3 atom stereocenters. The number of carboxylic acids is 1. The largest absolute Gasteiger partial charge is 0.478 e.